The van der Waals surface area contributed by atoms with Crippen molar-refractivity contribution in [2.24, 2.45) is 29.1 Å². The van der Waals surface area contributed by atoms with Gasteiger partial charge >= 0.3 is 0 Å². The van der Waals surface area contributed by atoms with Crippen molar-refractivity contribution in [2.75, 3.05) is 12.0 Å². The summed E-state index contributed by atoms with van der Waals surface area (Å²) < 4.78 is 19.4. The van der Waals surface area contributed by atoms with Gasteiger partial charge in [0.1, 0.15) is 17.3 Å². The molecule has 2 saturated carbocycles. The number of phenolic OH excluding ortho intramolecular Hbond substituents is 1. The molecule has 6 unspecified atom stereocenters. The zero-order valence-electron chi connectivity index (χ0n) is 24.6. The Morgan fingerprint density at radius 3 is 2.41 bits per heavy atom. The maximum atomic E-state index is 14.5. The van der Waals surface area contributed by atoms with E-state index in [0.29, 0.717) is 17.7 Å². The molecule has 2 aliphatic heterocycles. The van der Waals surface area contributed by atoms with Crippen LogP contribution in [-0.2, 0) is 19.2 Å². The topological polar surface area (TPSA) is 104 Å². The molecule has 7 rings (SSSR count). The van der Waals surface area contributed by atoms with Crippen LogP contribution in [0.4, 0.5) is 10.1 Å². The number of allylic oxidation sites excluding steroid dienone is 2. The molecule has 5 aliphatic rings. The largest absolute Gasteiger partial charge is 0.508 e. The van der Waals surface area contributed by atoms with Crippen molar-refractivity contribution >= 4 is 40.9 Å². The van der Waals surface area contributed by atoms with Crippen molar-refractivity contribution < 1.29 is 33.4 Å². The maximum absolute atomic E-state index is 14.5. The number of carbonyl (C=O) groups excluding carboxylic acids is 4. The minimum Gasteiger partial charge on any atom is -0.508 e. The number of benzene rings is 2. The van der Waals surface area contributed by atoms with Crippen LogP contribution >= 0.6 is 11.6 Å². The Morgan fingerprint density at radius 2 is 1.73 bits per heavy atom. The molecule has 0 bridgehead atoms. The van der Waals surface area contributed by atoms with Crippen molar-refractivity contribution in [3.05, 3.63) is 64.5 Å². The molecule has 0 spiro atoms. The van der Waals surface area contributed by atoms with Gasteiger partial charge in [-0.3, -0.25) is 24.1 Å². The van der Waals surface area contributed by atoms with Crippen LogP contribution in [0.15, 0.2) is 48.0 Å². The molecule has 6 atom stereocenters. The van der Waals surface area contributed by atoms with E-state index in [0.717, 1.165) is 48.6 Å². The van der Waals surface area contributed by atoms with Gasteiger partial charge in [-0.2, -0.15) is 0 Å². The quantitative estimate of drug-likeness (QED) is 0.345. The number of nitrogens with zero attached hydrogens (tertiary/aromatic N) is 2. The molecule has 2 heterocycles. The average molecular weight is 621 g/mol. The third kappa shape index (κ3) is 4.00. The van der Waals surface area contributed by atoms with Crippen molar-refractivity contribution in [1.29, 1.82) is 0 Å². The number of likely N-dealkylation sites (tertiary alicyclic amines) is 1. The minimum absolute atomic E-state index is 0.0980. The van der Waals surface area contributed by atoms with Gasteiger partial charge < -0.3 is 9.84 Å². The molecule has 0 aromatic heterocycles. The highest BCUT2D eigenvalue weighted by atomic mass is 35.5. The van der Waals surface area contributed by atoms with E-state index in [9.17, 15) is 28.7 Å². The summed E-state index contributed by atoms with van der Waals surface area (Å²) in [5.74, 6) is -4.91. The Labute approximate surface area is 259 Å². The molecule has 2 aromatic carbocycles. The van der Waals surface area contributed by atoms with E-state index < -0.39 is 52.6 Å². The fraction of sp³-hybridized carbons (Fsp3) is 0.471. The molecule has 4 fully saturated rings. The van der Waals surface area contributed by atoms with Crippen LogP contribution in [0.25, 0.3) is 0 Å². The van der Waals surface area contributed by atoms with E-state index in [1.165, 1.54) is 30.2 Å². The number of methoxy groups -OCH3 is 1. The molecule has 3 aliphatic carbocycles. The van der Waals surface area contributed by atoms with Crippen molar-refractivity contribution in [3.63, 3.8) is 0 Å². The highest BCUT2D eigenvalue weighted by Gasteiger charge is 2.68. The predicted molar refractivity (Wildman–Crippen MR) is 159 cm³/mol. The number of anilines is 1. The van der Waals surface area contributed by atoms with Crippen LogP contribution in [0.3, 0.4) is 0 Å². The highest BCUT2D eigenvalue weighted by molar-refractivity contribution is 6.31. The van der Waals surface area contributed by atoms with E-state index in [1.807, 2.05) is 6.08 Å². The van der Waals surface area contributed by atoms with Gasteiger partial charge in [0.25, 0.3) is 0 Å². The van der Waals surface area contributed by atoms with E-state index in [-0.39, 0.29) is 40.7 Å². The summed E-state index contributed by atoms with van der Waals surface area (Å²) in [6.45, 7) is 1.73. The van der Waals surface area contributed by atoms with Crippen molar-refractivity contribution in [2.45, 2.75) is 63.8 Å². The molecular formula is C34H34ClFN2O6. The second-order valence-electron chi connectivity index (χ2n) is 13.0. The monoisotopic (exact) mass is 620 g/mol. The Kier molecular flexibility index (Phi) is 6.88. The number of amides is 4. The van der Waals surface area contributed by atoms with Gasteiger partial charge in [-0.25, -0.2) is 9.29 Å². The first-order valence-electron chi connectivity index (χ1n) is 15.3. The molecule has 1 N–H and O–H groups in total. The SMILES string of the molecule is COc1ccc(C2C3=CCC4C(=O)N(C5CCCCC5)C(=O)C4C3CC3C(=O)N(c4ccc(F)c(Cl)c4)C(=O)C32C)c(O)c1. The lowest BCUT2D eigenvalue weighted by molar-refractivity contribution is -0.144. The fourth-order valence-electron chi connectivity index (χ4n) is 8.85. The summed E-state index contributed by atoms with van der Waals surface area (Å²) in [6.07, 6.45) is 7.15. The lowest BCUT2D eigenvalue weighted by Crippen LogP contribution is -2.49. The lowest BCUT2D eigenvalue weighted by Gasteiger charge is -2.49. The predicted octanol–water partition coefficient (Wildman–Crippen LogP) is 5.76. The molecule has 2 saturated heterocycles. The maximum Gasteiger partial charge on any atom is 0.241 e. The number of carbonyl (C=O) groups is 4. The van der Waals surface area contributed by atoms with Gasteiger partial charge in [0.2, 0.25) is 23.6 Å². The summed E-state index contributed by atoms with van der Waals surface area (Å²) in [4.78, 5) is 59.2. The second-order valence-corrected chi connectivity index (χ2v) is 13.4. The highest BCUT2D eigenvalue weighted by Crippen LogP contribution is 2.64. The third-order valence-electron chi connectivity index (χ3n) is 11.0. The Morgan fingerprint density at radius 1 is 0.977 bits per heavy atom. The van der Waals surface area contributed by atoms with Crippen LogP contribution in [-0.4, -0.2) is 46.8 Å². The van der Waals surface area contributed by atoms with Crippen LogP contribution in [0.5, 0.6) is 11.5 Å². The molecule has 10 heteroatoms. The number of rotatable bonds is 4. The van der Waals surface area contributed by atoms with E-state index >= 15 is 0 Å². The summed E-state index contributed by atoms with van der Waals surface area (Å²) >= 11 is 6.06. The molecule has 4 amide bonds. The number of imide groups is 2. The van der Waals surface area contributed by atoms with Crippen LogP contribution in [0, 0.1) is 34.9 Å². The number of aromatic hydroxyl groups is 1. The second kappa shape index (κ2) is 10.4. The van der Waals surface area contributed by atoms with Gasteiger partial charge in [-0.1, -0.05) is 48.6 Å². The smallest absolute Gasteiger partial charge is 0.241 e. The zero-order chi connectivity index (χ0) is 31.1. The first kappa shape index (κ1) is 29.0. The van der Waals surface area contributed by atoms with E-state index in [4.69, 9.17) is 16.3 Å². The molecule has 8 nitrogen and oxygen atoms in total. The van der Waals surface area contributed by atoms with Crippen LogP contribution in [0.2, 0.25) is 5.02 Å². The molecule has 230 valence electrons. The molecule has 2 aromatic rings. The summed E-state index contributed by atoms with van der Waals surface area (Å²) in [5.41, 5.74) is 0.0459. The van der Waals surface area contributed by atoms with Gasteiger partial charge in [-0.15, -0.1) is 0 Å². The number of fused-ring (bicyclic) bond motifs is 4. The number of phenols is 1. The number of halogens is 2. The summed E-state index contributed by atoms with van der Waals surface area (Å²) in [5, 5.41) is 11.1. The standard InChI is InChI=1S/C34H34ClFN2O6/c1-34-24(31(41)38(33(34)43)18-8-13-26(36)25(35)14-18)16-23-20(29(34)21-10-9-19(44-2)15-27(21)39)11-12-22-28(23)32(42)37(30(22)40)17-6-4-3-5-7-17/h8-11,13-15,17,22-24,28-29,39H,3-7,12,16H2,1-2H3. The Hall–Kier alpha value is -3.72. The molecule has 0 radical (unpaired) electrons. The first-order chi connectivity index (χ1) is 21.1. The molecular weight excluding hydrogens is 587 g/mol. The van der Waals surface area contributed by atoms with Gasteiger partial charge in [-0.05, 0) is 62.8 Å². The normalized spacial score (nSPS) is 32.0. The van der Waals surface area contributed by atoms with E-state index in [2.05, 4.69) is 0 Å². The van der Waals surface area contributed by atoms with Crippen LogP contribution < -0.4 is 9.64 Å². The number of hydrogen-bond donors (Lipinski definition) is 1. The Bertz CT molecular complexity index is 1640. The van der Waals surface area contributed by atoms with Crippen LogP contribution in [0.1, 0.15) is 63.4 Å². The van der Waals surface area contributed by atoms with E-state index in [1.54, 1.807) is 19.1 Å². The third-order valence-corrected chi connectivity index (χ3v) is 11.2. The van der Waals surface area contributed by atoms with Crippen molar-refractivity contribution in [1.82, 2.24) is 4.90 Å². The van der Waals surface area contributed by atoms with Crippen molar-refractivity contribution in [3.8, 4) is 11.5 Å². The average Bonchev–Trinajstić information content (AvgIpc) is 3.39. The number of hydrogen-bond acceptors (Lipinski definition) is 6. The molecule has 44 heavy (non-hydrogen) atoms. The zero-order valence-corrected chi connectivity index (χ0v) is 25.4. The first-order valence-corrected chi connectivity index (χ1v) is 15.7. The summed E-state index contributed by atoms with van der Waals surface area (Å²) in [7, 11) is 1.48. The fourth-order valence-corrected chi connectivity index (χ4v) is 9.02. The Balaban J connectivity index is 1.36. The number of ether oxygens (including phenoxy) is 1. The van der Waals surface area contributed by atoms with Gasteiger partial charge in [0.05, 0.1) is 41.0 Å². The minimum atomic E-state index is -1.34. The summed E-state index contributed by atoms with van der Waals surface area (Å²) in [6, 6.07) is 8.47. The van der Waals surface area contributed by atoms with Gasteiger partial charge in [0.15, 0.2) is 0 Å². The van der Waals surface area contributed by atoms with Gasteiger partial charge in [0, 0.05) is 23.6 Å². The lowest BCUT2D eigenvalue weighted by atomic mass is 9.51.